The summed E-state index contributed by atoms with van der Waals surface area (Å²) in [7, 11) is 0. The van der Waals surface area contributed by atoms with Crippen LogP contribution in [0.5, 0.6) is 0 Å². The Morgan fingerprint density at radius 3 is 2.59 bits per heavy atom. The van der Waals surface area contributed by atoms with Gasteiger partial charge >= 0.3 is 0 Å². The molecule has 2 aromatic rings. The van der Waals surface area contributed by atoms with Crippen molar-refractivity contribution >= 4 is 0 Å². The average molecular weight is 225 g/mol. The van der Waals surface area contributed by atoms with E-state index in [-0.39, 0.29) is 0 Å². The van der Waals surface area contributed by atoms with Gasteiger partial charge in [0.2, 0.25) is 0 Å². The number of aromatic nitrogens is 2. The quantitative estimate of drug-likeness (QED) is 0.873. The van der Waals surface area contributed by atoms with E-state index in [1.807, 2.05) is 36.7 Å². The molecule has 1 fully saturated rings. The van der Waals surface area contributed by atoms with Crippen molar-refractivity contribution in [3.63, 3.8) is 0 Å². The van der Waals surface area contributed by atoms with Crippen molar-refractivity contribution < 1.29 is 0 Å². The predicted molar refractivity (Wildman–Crippen MR) is 67.3 cm³/mol. The van der Waals surface area contributed by atoms with Crippen LogP contribution in [0.2, 0.25) is 0 Å². The lowest BCUT2D eigenvalue weighted by molar-refractivity contribution is 1.04. The minimum Gasteiger partial charge on any atom is -0.326 e. The molecule has 1 aliphatic carbocycles. The summed E-state index contributed by atoms with van der Waals surface area (Å²) in [6.07, 6.45) is 6.47. The molecule has 0 atom stereocenters. The van der Waals surface area contributed by atoms with Crippen LogP contribution < -0.4 is 5.73 Å². The van der Waals surface area contributed by atoms with E-state index in [2.05, 4.69) is 9.97 Å². The first-order chi connectivity index (χ1) is 8.36. The highest BCUT2D eigenvalue weighted by Gasteiger charge is 2.24. The summed E-state index contributed by atoms with van der Waals surface area (Å²) < 4.78 is 0. The van der Waals surface area contributed by atoms with E-state index in [0.29, 0.717) is 12.5 Å². The number of nitrogens with zero attached hydrogens (tertiary/aromatic N) is 2. The van der Waals surface area contributed by atoms with Gasteiger partial charge in [0.25, 0.3) is 0 Å². The zero-order valence-electron chi connectivity index (χ0n) is 9.63. The Morgan fingerprint density at radius 2 is 1.94 bits per heavy atom. The van der Waals surface area contributed by atoms with E-state index < -0.39 is 0 Å². The molecular weight excluding hydrogens is 210 g/mol. The smallest absolute Gasteiger partial charge is 0.159 e. The van der Waals surface area contributed by atoms with Crippen molar-refractivity contribution in [1.29, 1.82) is 0 Å². The van der Waals surface area contributed by atoms with E-state index in [1.165, 1.54) is 18.4 Å². The predicted octanol–water partition coefficient (Wildman–Crippen LogP) is 2.48. The molecule has 2 N–H and O–H groups in total. The van der Waals surface area contributed by atoms with Gasteiger partial charge in [-0.1, -0.05) is 18.2 Å². The lowest BCUT2D eigenvalue weighted by atomic mass is 10.1. The summed E-state index contributed by atoms with van der Waals surface area (Å²) in [6, 6.07) is 8.08. The van der Waals surface area contributed by atoms with Crippen LogP contribution in [0.15, 0.2) is 36.7 Å². The topological polar surface area (TPSA) is 51.8 Å². The number of nitrogens with two attached hydrogens (primary N) is 1. The van der Waals surface area contributed by atoms with Crippen molar-refractivity contribution in [3.05, 3.63) is 47.8 Å². The highest BCUT2D eigenvalue weighted by atomic mass is 14.9. The van der Waals surface area contributed by atoms with Crippen LogP contribution in [-0.4, -0.2) is 9.97 Å². The first-order valence-corrected chi connectivity index (χ1v) is 5.98. The summed E-state index contributed by atoms with van der Waals surface area (Å²) in [5.41, 5.74) is 9.04. The molecule has 0 bridgehead atoms. The lowest BCUT2D eigenvalue weighted by Crippen LogP contribution is -1.97. The number of hydrogen-bond acceptors (Lipinski definition) is 3. The number of benzene rings is 1. The molecule has 1 aliphatic rings. The Labute approximate surface area is 101 Å². The SMILES string of the molecule is NCc1cccc(-c2ncc(C3CC3)cn2)c1. The Hall–Kier alpha value is -1.74. The van der Waals surface area contributed by atoms with Crippen molar-refractivity contribution in [2.24, 2.45) is 5.73 Å². The number of hydrogen-bond donors (Lipinski definition) is 1. The maximum absolute atomic E-state index is 5.63. The molecule has 1 aromatic carbocycles. The third-order valence-corrected chi connectivity index (χ3v) is 3.14. The third-order valence-electron chi connectivity index (χ3n) is 3.14. The molecule has 0 radical (unpaired) electrons. The molecule has 1 heterocycles. The van der Waals surface area contributed by atoms with E-state index in [0.717, 1.165) is 17.0 Å². The fourth-order valence-electron chi connectivity index (χ4n) is 1.95. The van der Waals surface area contributed by atoms with Crippen LogP contribution in [0, 0.1) is 0 Å². The molecular formula is C14H15N3. The van der Waals surface area contributed by atoms with Gasteiger partial charge in [0.05, 0.1) is 0 Å². The minimum atomic E-state index is 0.550. The van der Waals surface area contributed by atoms with Gasteiger partial charge in [0, 0.05) is 24.5 Å². The Kier molecular flexibility index (Phi) is 2.61. The molecule has 0 saturated heterocycles. The van der Waals surface area contributed by atoms with Crippen molar-refractivity contribution in [1.82, 2.24) is 9.97 Å². The zero-order chi connectivity index (χ0) is 11.7. The van der Waals surface area contributed by atoms with Crippen LogP contribution in [0.4, 0.5) is 0 Å². The molecule has 0 unspecified atom stereocenters. The standard InChI is InChI=1S/C14H15N3/c15-7-10-2-1-3-12(6-10)14-16-8-13(9-17-14)11-4-5-11/h1-3,6,8-9,11H,4-5,7,15H2. The van der Waals surface area contributed by atoms with E-state index in [4.69, 9.17) is 5.73 Å². The third kappa shape index (κ3) is 2.19. The highest BCUT2D eigenvalue weighted by molar-refractivity contribution is 5.55. The normalized spacial score (nSPS) is 14.9. The maximum atomic E-state index is 5.63. The Balaban J connectivity index is 1.91. The van der Waals surface area contributed by atoms with Gasteiger partial charge in [-0.2, -0.15) is 0 Å². The molecule has 17 heavy (non-hydrogen) atoms. The summed E-state index contributed by atoms with van der Waals surface area (Å²) in [4.78, 5) is 8.87. The molecule has 1 aromatic heterocycles. The largest absolute Gasteiger partial charge is 0.326 e. The number of rotatable bonds is 3. The van der Waals surface area contributed by atoms with Crippen LogP contribution in [0.25, 0.3) is 11.4 Å². The van der Waals surface area contributed by atoms with Gasteiger partial charge < -0.3 is 5.73 Å². The van der Waals surface area contributed by atoms with Crippen LogP contribution in [-0.2, 0) is 6.54 Å². The summed E-state index contributed by atoms with van der Waals surface area (Å²) in [6.45, 7) is 0.550. The maximum Gasteiger partial charge on any atom is 0.159 e. The zero-order valence-corrected chi connectivity index (χ0v) is 9.63. The molecule has 3 heteroatoms. The van der Waals surface area contributed by atoms with Crippen LogP contribution in [0.3, 0.4) is 0 Å². The summed E-state index contributed by atoms with van der Waals surface area (Å²) in [5, 5.41) is 0. The molecule has 3 nitrogen and oxygen atoms in total. The summed E-state index contributed by atoms with van der Waals surface area (Å²) >= 11 is 0. The van der Waals surface area contributed by atoms with E-state index in [9.17, 15) is 0 Å². The monoisotopic (exact) mass is 225 g/mol. The second kappa shape index (κ2) is 4.26. The molecule has 0 amide bonds. The highest BCUT2D eigenvalue weighted by Crippen LogP contribution is 2.39. The molecule has 3 rings (SSSR count). The fraction of sp³-hybridized carbons (Fsp3) is 0.286. The molecule has 1 saturated carbocycles. The second-order valence-electron chi connectivity index (χ2n) is 4.52. The Bertz CT molecular complexity index is 515. The average Bonchev–Trinajstić information content (AvgIpc) is 3.23. The molecule has 0 spiro atoms. The molecule has 0 aliphatic heterocycles. The first-order valence-electron chi connectivity index (χ1n) is 5.98. The van der Waals surface area contributed by atoms with Gasteiger partial charge in [0.1, 0.15) is 0 Å². The van der Waals surface area contributed by atoms with Crippen molar-refractivity contribution in [2.45, 2.75) is 25.3 Å². The van der Waals surface area contributed by atoms with Gasteiger partial charge in [0.15, 0.2) is 5.82 Å². The van der Waals surface area contributed by atoms with E-state index in [1.54, 1.807) is 0 Å². The van der Waals surface area contributed by atoms with Gasteiger partial charge in [-0.05, 0) is 36.0 Å². The van der Waals surface area contributed by atoms with Crippen LogP contribution in [0.1, 0.15) is 29.9 Å². The fourth-order valence-corrected chi connectivity index (χ4v) is 1.95. The van der Waals surface area contributed by atoms with Gasteiger partial charge in [-0.3, -0.25) is 0 Å². The molecule has 86 valence electrons. The van der Waals surface area contributed by atoms with Crippen LogP contribution >= 0.6 is 0 Å². The Morgan fingerprint density at radius 1 is 1.18 bits per heavy atom. The van der Waals surface area contributed by atoms with Crippen molar-refractivity contribution in [3.8, 4) is 11.4 Å². The van der Waals surface area contributed by atoms with Crippen molar-refractivity contribution in [2.75, 3.05) is 0 Å². The lowest BCUT2D eigenvalue weighted by Gasteiger charge is -2.03. The summed E-state index contributed by atoms with van der Waals surface area (Å²) in [5.74, 6) is 1.49. The second-order valence-corrected chi connectivity index (χ2v) is 4.52. The van der Waals surface area contributed by atoms with Gasteiger partial charge in [-0.15, -0.1) is 0 Å². The first kappa shape index (κ1) is 10.4. The van der Waals surface area contributed by atoms with Gasteiger partial charge in [-0.25, -0.2) is 9.97 Å². The minimum absolute atomic E-state index is 0.550. The van der Waals surface area contributed by atoms with E-state index >= 15 is 0 Å².